The van der Waals surface area contributed by atoms with Crippen LogP contribution in [0.4, 0.5) is 17.1 Å². The van der Waals surface area contributed by atoms with E-state index in [1.165, 1.54) is 12.1 Å². The van der Waals surface area contributed by atoms with E-state index in [-0.39, 0.29) is 16.3 Å². The number of nitro benzene ring substituents is 1. The maximum atomic E-state index is 13.1. The van der Waals surface area contributed by atoms with Gasteiger partial charge in [0.2, 0.25) is 0 Å². The fourth-order valence-electron chi connectivity index (χ4n) is 2.85. The molecule has 0 atom stereocenters. The molecule has 2 aromatic carbocycles. The minimum absolute atomic E-state index is 0.103. The van der Waals surface area contributed by atoms with E-state index in [2.05, 4.69) is 20.2 Å². The summed E-state index contributed by atoms with van der Waals surface area (Å²) in [5.74, 6) is 0. The van der Waals surface area contributed by atoms with E-state index < -0.39 is 14.9 Å². The number of sulfonamides is 1. The molecule has 0 amide bonds. The lowest BCUT2D eigenvalue weighted by molar-refractivity contribution is -0.385. The Balaban J connectivity index is 2.00. The molecule has 3 aromatic rings. The maximum absolute atomic E-state index is 13.1. The van der Waals surface area contributed by atoms with Crippen molar-refractivity contribution in [2.75, 3.05) is 10.1 Å². The van der Waals surface area contributed by atoms with Crippen LogP contribution in [0.2, 0.25) is 0 Å². The summed E-state index contributed by atoms with van der Waals surface area (Å²) in [4.78, 5) is 14.3. The monoisotopic (exact) mass is 439 g/mol. The SMILES string of the molecule is C/C(=N\Nc1ccc([N+](=O)[O-])cc1S(=O)(=O)Nc1ccc(C)cc1C)c1cccnc1. The molecule has 31 heavy (non-hydrogen) atoms. The number of pyridine rings is 1. The van der Waals surface area contributed by atoms with Gasteiger partial charge in [-0.25, -0.2) is 8.42 Å². The number of benzene rings is 2. The van der Waals surface area contributed by atoms with Gasteiger partial charge in [0.25, 0.3) is 15.7 Å². The van der Waals surface area contributed by atoms with E-state index in [1.807, 2.05) is 19.1 Å². The summed E-state index contributed by atoms with van der Waals surface area (Å²) in [6, 6.07) is 12.4. The third kappa shape index (κ3) is 5.23. The van der Waals surface area contributed by atoms with Gasteiger partial charge in [-0.05, 0) is 44.5 Å². The molecule has 0 fully saturated rings. The standard InChI is InChI=1S/C21H21N5O4S/c1-14-6-8-19(15(2)11-14)25-31(29,30)21-12-18(26(27)28)7-9-20(21)24-23-16(3)17-5-4-10-22-13-17/h4-13,24-25H,1-3H3/b23-16+. The fraction of sp³-hybridized carbons (Fsp3) is 0.143. The molecular formula is C21H21N5O4S. The van der Waals surface area contributed by atoms with E-state index >= 15 is 0 Å². The molecule has 2 N–H and O–H groups in total. The number of nitrogens with one attached hydrogen (secondary N) is 2. The lowest BCUT2D eigenvalue weighted by Gasteiger charge is -2.14. The number of nitrogens with zero attached hydrogens (tertiary/aromatic N) is 3. The Hall–Kier alpha value is -3.79. The number of anilines is 2. The number of aryl methyl sites for hydroxylation is 2. The molecule has 3 rings (SSSR count). The van der Waals surface area contributed by atoms with E-state index in [0.29, 0.717) is 11.4 Å². The third-order valence-corrected chi connectivity index (χ3v) is 5.92. The molecule has 0 aliphatic carbocycles. The molecule has 0 radical (unpaired) electrons. The van der Waals surface area contributed by atoms with Crippen molar-refractivity contribution in [2.24, 2.45) is 5.10 Å². The second-order valence-corrected chi connectivity index (χ2v) is 8.56. The predicted molar refractivity (Wildman–Crippen MR) is 120 cm³/mol. The Kier molecular flexibility index (Phi) is 6.30. The summed E-state index contributed by atoms with van der Waals surface area (Å²) in [5.41, 5.74) is 5.88. The van der Waals surface area contributed by atoms with Gasteiger partial charge in [-0.1, -0.05) is 23.8 Å². The number of hydrogen-bond acceptors (Lipinski definition) is 7. The first kappa shape index (κ1) is 21.9. The second kappa shape index (κ2) is 8.92. The van der Waals surface area contributed by atoms with Gasteiger partial charge in [-0.15, -0.1) is 0 Å². The molecule has 1 heterocycles. The predicted octanol–water partition coefficient (Wildman–Crippen LogP) is 4.24. The molecule has 0 saturated carbocycles. The zero-order valence-electron chi connectivity index (χ0n) is 17.2. The van der Waals surface area contributed by atoms with Gasteiger partial charge in [-0.3, -0.25) is 25.2 Å². The van der Waals surface area contributed by atoms with Crippen molar-refractivity contribution >= 4 is 32.8 Å². The van der Waals surface area contributed by atoms with Gasteiger partial charge in [-0.2, -0.15) is 5.10 Å². The third-order valence-electron chi connectivity index (χ3n) is 4.52. The maximum Gasteiger partial charge on any atom is 0.270 e. The van der Waals surface area contributed by atoms with Crippen molar-refractivity contribution in [1.29, 1.82) is 0 Å². The van der Waals surface area contributed by atoms with Gasteiger partial charge >= 0.3 is 0 Å². The van der Waals surface area contributed by atoms with Gasteiger partial charge in [0, 0.05) is 30.1 Å². The molecule has 10 heteroatoms. The van der Waals surface area contributed by atoms with Gasteiger partial charge < -0.3 is 0 Å². The zero-order valence-corrected chi connectivity index (χ0v) is 18.0. The molecule has 9 nitrogen and oxygen atoms in total. The summed E-state index contributed by atoms with van der Waals surface area (Å²) < 4.78 is 28.7. The Morgan fingerprint density at radius 2 is 1.84 bits per heavy atom. The minimum Gasteiger partial charge on any atom is -0.279 e. The summed E-state index contributed by atoms with van der Waals surface area (Å²) in [6.45, 7) is 5.41. The molecule has 0 aliphatic heterocycles. The number of rotatable bonds is 7. The van der Waals surface area contributed by atoms with Crippen molar-refractivity contribution < 1.29 is 13.3 Å². The van der Waals surface area contributed by atoms with E-state index in [9.17, 15) is 18.5 Å². The largest absolute Gasteiger partial charge is 0.279 e. The summed E-state index contributed by atoms with van der Waals surface area (Å²) >= 11 is 0. The number of hydrogen-bond donors (Lipinski definition) is 2. The van der Waals surface area contributed by atoms with Crippen LogP contribution < -0.4 is 10.1 Å². The van der Waals surface area contributed by atoms with Crippen LogP contribution in [-0.2, 0) is 10.0 Å². The van der Waals surface area contributed by atoms with Crippen LogP contribution in [0.25, 0.3) is 0 Å². The molecule has 1 aromatic heterocycles. The van der Waals surface area contributed by atoms with E-state index in [0.717, 1.165) is 22.8 Å². The highest BCUT2D eigenvalue weighted by Gasteiger charge is 2.23. The van der Waals surface area contributed by atoms with Crippen LogP contribution in [-0.4, -0.2) is 24.0 Å². The summed E-state index contributed by atoms with van der Waals surface area (Å²) in [5, 5.41) is 15.4. The van der Waals surface area contributed by atoms with Crippen molar-refractivity contribution in [1.82, 2.24) is 4.98 Å². The minimum atomic E-state index is -4.15. The number of hydrazone groups is 1. The Morgan fingerprint density at radius 1 is 1.10 bits per heavy atom. The normalized spacial score (nSPS) is 11.8. The average Bonchev–Trinajstić information content (AvgIpc) is 2.74. The van der Waals surface area contributed by atoms with E-state index in [4.69, 9.17) is 0 Å². The van der Waals surface area contributed by atoms with E-state index in [1.54, 1.807) is 44.4 Å². The molecule has 0 bridgehead atoms. The van der Waals surface area contributed by atoms with Crippen molar-refractivity contribution in [2.45, 2.75) is 25.7 Å². The van der Waals surface area contributed by atoms with Crippen LogP contribution in [0.5, 0.6) is 0 Å². The van der Waals surface area contributed by atoms with Gasteiger partial charge in [0.15, 0.2) is 0 Å². The Bertz CT molecular complexity index is 1260. The highest BCUT2D eigenvalue weighted by atomic mass is 32.2. The lowest BCUT2D eigenvalue weighted by Crippen LogP contribution is -2.16. The van der Waals surface area contributed by atoms with Crippen LogP contribution in [0, 0.1) is 24.0 Å². The average molecular weight is 439 g/mol. The summed E-state index contributed by atoms with van der Waals surface area (Å²) in [7, 11) is -4.15. The quantitative estimate of drug-likeness (QED) is 0.322. The fourth-order valence-corrected chi connectivity index (χ4v) is 4.16. The first-order valence-electron chi connectivity index (χ1n) is 9.26. The number of non-ortho nitro benzene ring substituents is 1. The Labute approximate surface area is 180 Å². The van der Waals surface area contributed by atoms with Crippen LogP contribution in [0.3, 0.4) is 0 Å². The van der Waals surface area contributed by atoms with Crippen molar-refractivity contribution in [3.05, 3.63) is 87.7 Å². The van der Waals surface area contributed by atoms with Crippen LogP contribution >= 0.6 is 0 Å². The van der Waals surface area contributed by atoms with Crippen LogP contribution in [0.15, 0.2) is 70.9 Å². The van der Waals surface area contributed by atoms with Gasteiger partial charge in [0.05, 0.1) is 22.0 Å². The first-order valence-corrected chi connectivity index (χ1v) is 10.7. The lowest BCUT2D eigenvalue weighted by atomic mass is 10.1. The smallest absolute Gasteiger partial charge is 0.270 e. The molecule has 0 aliphatic rings. The molecule has 160 valence electrons. The molecular weight excluding hydrogens is 418 g/mol. The van der Waals surface area contributed by atoms with Crippen molar-refractivity contribution in [3.63, 3.8) is 0 Å². The van der Waals surface area contributed by atoms with Gasteiger partial charge in [0.1, 0.15) is 4.90 Å². The highest BCUT2D eigenvalue weighted by molar-refractivity contribution is 7.92. The first-order chi connectivity index (χ1) is 14.7. The Morgan fingerprint density at radius 3 is 2.48 bits per heavy atom. The number of aromatic nitrogens is 1. The highest BCUT2D eigenvalue weighted by Crippen LogP contribution is 2.29. The molecule has 0 unspecified atom stereocenters. The molecule has 0 spiro atoms. The second-order valence-electron chi connectivity index (χ2n) is 6.91. The topological polar surface area (TPSA) is 127 Å². The van der Waals surface area contributed by atoms with Crippen molar-refractivity contribution in [3.8, 4) is 0 Å². The van der Waals surface area contributed by atoms with Crippen LogP contribution in [0.1, 0.15) is 23.6 Å². The molecule has 0 saturated heterocycles. The summed E-state index contributed by atoms with van der Waals surface area (Å²) in [6.07, 6.45) is 3.25. The number of nitro groups is 1. The zero-order chi connectivity index (χ0) is 22.6.